The molecule has 1 aromatic rings. The molecular weight excluding hydrogens is 236 g/mol. The van der Waals surface area contributed by atoms with Crippen LogP contribution in [0.1, 0.15) is 5.56 Å². The molecule has 0 bridgehead atoms. The zero-order chi connectivity index (χ0) is 13.4. The molecule has 96 valence electrons. The molecule has 6 nitrogen and oxygen atoms in total. The van der Waals surface area contributed by atoms with E-state index in [0.717, 1.165) is 11.8 Å². The molecule has 6 heteroatoms. The van der Waals surface area contributed by atoms with Crippen molar-refractivity contribution in [1.29, 1.82) is 0 Å². The number of esters is 1. The van der Waals surface area contributed by atoms with Crippen LogP contribution in [-0.2, 0) is 20.9 Å². The van der Waals surface area contributed by atoms with E-state index in [4.69, 9.17) is 10.5 Å². The normalized spacial score (nSPS) is 10.6. The number of carbonyl (C=O) groups is 2. The van der Waals surface area contributed by atoms with Gasteiger partial charge in [-0.25, -0.2) is 9.59 Å². The minimum absolute atomic E-state index is 0.103. The first-order valence-electron chi connectivity index (χ1n) is 5.15. The van der Waals surface area contributed by atoms with E-state index < -0.39 is 12.1 Å². The Morgan fingerprint density at radius 3 is 2.56 bits per heavy atom. The number of methoxy groups -OCH3 is 1. The van der Waals surface area contributed by atoms with E-state index in [1.807, 2.05) is 30.3 Å². The second kappa shape index (κ2) is 6.95. The Bertz CT molecular complexity index is 443. The van der Waals surface area contributed by atoms with E-state index in [1.165, 1.54) is 7.11 Å². The SMILES string of the molecule is COC(=O)/C(=C\N)NC(=O)OCc1ccccc1. The van der Waals surface area contributed by atoms with Crippen LogP contribution in [0.3, 0.4) is 0 Å². The van der Waals surface area contributed by atoms with Gasteiger partial charge in [-0.1, -0.05) is 30.3 Å². The lowest BCUT2D eigenvalue weighted by Crippen LogP contribution is -2.29. The third-order valence-corrected chi connectivity index (χ3v) is 2.02. The Morgan fingerprint density at radius 1 is 1.33 bits per heavy atom. The van der Waals surface area contributed by atoms with Crippen LogP contribution in [0.4, 0.5) is 4.79 Å². The minimum atomic E-state index is -0.777. The molecule has 0 aliphatic heterocycles. The maximum atomic E-state index is 11.4. The number of rotatable bonds is 4. The summed E-state index contributed by atoms with van der Waals surface area (Å²) in [6, 6.07) is 9.14. The average Bonchev–Trinajstić information content (AvgIpc) is 2.42. The summed E-state index contributed by atoms with van der Waals surface area (Å²) in [5.74, 6) is -0.742. The number of ether oxygens (including phenoxy) is 2. The smallest absolute Gasteiger partial charge is 0.412 e. The summed E-state index contributed by atoms with van der Waals surface area (Å²) in [7, 11) is 1.18. The lowest BCUT2D eigenvalue weighted by Gasteiger charge is -2.08. The highest BCUT2D eigenvalue weighted by Gasteiger charge is 2.13. The Balaban J connectivity index is 2.45. The molecule has 0 saturated heterocycles. The fourth-order valence-electron chi connectivity index (χ4n) is 1.14. The summed E-state index contributed by atoms with van der Waals surface area (Å²) in [5, 5.41) is 2.19. The molecule has 1 amide bonds. The van der Waals surface area contributed by atoms with Gasteiger partial charge in [0.25, 0.3) is 0 Å². The zero-order valence-electron chi connectivity index (χ0n) is 9.88. The van der Waals surface area contributed by atoms with Crippen LogP contribution in [0.2, 0.25) is 0 Å². The van der Waals surface area contributed by atoms with Crippen LogP contribution in [0.15, 0.2) is 42.2 Å². The molecule has 0 radical (unpaired) electrons. The molecule has 0 aromatic heterocycles. The largest absolute Gasteiger partial charge is 0.464 e. The van der Waals surface area contributed by atoms with Gasteiger partial charge in [0.2, 0.25) is 0 Å². The highest BCUT2D eigenvalue weighted by molar-refractivity contribution is 5.91. The van der Waals surface area contributed by atoms with E-state index in [1.54, 1.807) is 0 Å². The summed E-state index contributed by atoms with van der Waals surface area (Å²) >= 11 is 0. The van der Waals surface area contributed by atoms with Gasteiger partial charge in [0, 0.05) is 6.20 Å². The van der Waals surface area contributed by atoms with Gasteiger partial charge in [-0.15, -0.1) is 0 Å². The van der Waals surface area contributed by atoms with Gasteiger partial charge in [-0.05, 0) is 5.56 Å². The number of alkyl carbamates (subject to hydrolysis) is 1. The fourth-order valence-corrected chi connectivity index (χ4v) is 1.14. The first-order valence-corrected chi connectivity index (χ1v) is 5.15. The van der Waals surface area contributed by atoms with Crippen molar-refractivity contribution in [2.24, 2.45) is 5.73 Å². The molecule has 0 atom stereocenters. The van der Waals surface area contributed by atoms with Gasteiger partial charge in [0.15, 0.2) is 0 Å². The molecule has 0 saturated carbocycles. The molecule has 0 unspecified atom stereocenters. The van der Waals surface area contributed by atoms with Crippen LogP contribution in [0, 0.1) is 0 Å². The molecule has 3 N–H and O–H groups in total. The van der Waals surface area contributed by atoms with Gasteiger partial charge in [0.05, 0.1) is 7.11 Å². The van der Waals surface area contributed by atoms with E-state index in [2.05, 4.69) is 10.1 Å². The predicted molar refractivity (Wildman–Crippen MR) is 64.0 cm³/mol. The second-order valence-corrected chi connectivity index (χ2v) is 3.26. The molecule has 18 heavy (non-hydrogen) atoms. The summed E-state index contributed by atoms with van der Waals surface area (Å²) in [5.41, 5.74) is 5.84. The predicted octanol–water partition coefficient (Wildman–Crippen LogP) is 0.886. The third kappa shape index (κ3) is 4.17. The third-order valence-electron chi connectivity index (χ3n) is 2.02. The van der Waals surface area contributed by atoms with Crippen molar-refractivity contribution in [3.8, 4) is 0 Å². The van der Waals surface area contributed by atoms with Gasteiger partial charge in [-0.2, -0.15) is 0 Å². The van der Waals surface area contributed by atoms with E-state index in [-0.39, 0.29) is 12.3 Å². The number of hydrogen-bond acceptors (Lipinski definition) is 5. The summed E-state index contributed by atoms with van der Waals surface area (Å²) in [4.78, 5) is 22.5. The van der Waals surface area contributed by atoms with Crippen LogP contribution in [-0.4, -0.2) is 19.2 Å². The lowest BCUT2D eigenvalue weighted by molar-refractivity contribution is -0.136. The molecule has 0 spiro atoms. The van der Waals surface area contributed by atoms with E-state index in [9.17, 15) is 9.59 Å². The van der Waals surface area contributed by atoms with E-state index in [0.29, 0.717) is 0 Å². The van der Waals surface area contributed by atoms with Gasteiger partial charge in [0.1, 0.15) is 12.3 Å². The molecule has 0 aliphatic rings. The second-order valence-electron chi connectivity index (χ2n) is 3.26. The Labute approximate surface area is 104 Å². The van der Waals surface area contributed by atoms with Crippen molar-refractivity contribution in [1.82, 2.24) is 5.32 Å². The van der Waals surface area contributed by atoms with Crippen molar-refractivity contribution < 1.29 is 19.1 Å². The van der Waals surface area contributed by atoms with Crippen LogP contribution in [0.5, 0.6) is 0 Å². The van der Waals surface area contributed by atoms with Crippen molar-refractivity contribution in [2.45, 2.75) is 6.61 Å². The van der Waals surface area contributed by atoms with Crippen LogP contribution in [0.25, 0.3) is 0 Å². The first kappa shape index (κ1) is 13.6. The number of amides is 1. The van der Waals surface area contributed by atoms with Crippen molar-refractivity contribution >= 4 is 12.1 Å². The van der Waals surface area contributed by atoms with Gasteiger partial charge >= 0.3 is 12.1 Å². The minimum Gasteiger partial charge on any atom is -0.464 e. The number of benzene rings is 1. The Kier molecular flexibility index (Phi) is 5.24. The van der Waals surface area contributed by atoms with Crippen molar-refractivity contribution in [3.63, 3.8) is 0 Å². The average molecular weight is 250 g/mol. The lowest BCUT2D eigenvalue weighted by atomic mass is 10.2. The maximum Gasteiger partial charge on any atom is 0.412 e. The number of carbonyl (C=O) groups excluding carboxylic acids is 2. The standard InChI is InChI=1S/C12H14N2O4/c1-17-11(15)10(7-13)14-12(16)18-8-9-5-3-2-4-6-9/h2-7H,8,13H2,1H3,(H,14,16)/b10-7+. The van der Waals surface area contributed by atoms with Crippen molar-refractivity contribution in [2.75, 3.05) is 7.11 Å². The summed E-state index contributed by atoms with van der Waals surface area (Å²) < 4.78 is 9.31. The molecular formula is C12H14N2O4. The first-order chi connectivity index (χ1) is 8.67. The summed E-state index contributed by atoms with van der Waals surface area (Å²) in [6.07, 6.45) is 0.163. The number of hydrogen-bond donors (Lipinski definition) is 2. The van der Waals surface area contributed by atoms with Crippen LogP contribution < -0.4 is 11.1 Å². The number of nitrogens with two attached hydrogens (primary N) is 1. The van der Waals surface area contributed by atoms with Crippen LogP contribution >= 0.6 is 0 Å². The topological polar surface area (TPSA) is 90.6 Å². The highest BCUT2D eigenvalue weighted by atomic mass is 16.6. The number of nitrogens with one attached hydrogen (secondary N) is 1. The zero-order valence-corrected chi connectivity index (χ0v) is 9.88. The van der Waals surface area contributed by atoms with Gasteiger partial charge in [-0.3, -0.25) is 5.32 Å². The van der Waals surface area contributed by atoms with Crippen molar-refractivity contribution in [3.05, 3.63) is 47.8 Å². The fraction of sp³-hybridized carbons (Fsp3) is 0.167. The molecule has 0 aliphatic carbocycles. The monoisotopic (exact) mass is 250 g/mol. The quantitative estimate of drug-likeness (QED) is 0.611. The highest BCUT2D eigenvalue weighted by Crippen LogP contribution is 2.01. The molecule has 0 heterocycles. The summed E-state index contributed by atoms with van der Waals surface area (Å²) in [6.45, 7) is 0.103. The Morgan fingerprint density at radius 2 is 2.00 bits per heavy atom. The molecule has 1 aromatic carbocycles. The Hall–Kier alpha value is -2.50. The van der Waals surface area contributed by atoms with E-state index >= 15 is 0 Å². The maximum absolute atomic E-state index is 11.4. The molecule has 1 rings (SSSR count). The molecule has 0 fully saturated rings. The van der Waals surface area contributed by atoms with Gasteiger partial charge < -0.3 is 15.2 Å².